The van der Waals surface area contributed by atoms with Crippen molar-refractivity contribution in [1.82, 2.24) is 9.80 Å². The van der Waals surface area contributed by atoms with E-state index in [1.165, 1.54) is 6.42 Å². The van der Waals surface area contributed by atoms with E-state index in [2.05, 4.69) is 0 Å². The predicted molar refractivity (Wildman–Crippen MR) is 135 cm³/mol. The second kappa shape index (κ2) is 10.9. The normalized spacial score (nSPS) is 18.6. The molecular weight excluding hydrogens is 440 g/mol. The molecule has 1 fully saturated rings. The first-order valence-corrected chi connectivity index (χ1v) is 12.5. The summed E-state index contributed by atoms with van der Waals surface area (Å²) in [5.41, 5.74) is 4.76. The van der Waals surface area contributed by atoms with Crippen molar-refractivity contribution in [1.29, 1.82) is 0 Å². The minimum absolute atomic E-state index is 0.0303. The molecule has 2 aromatic rings. The molecule has 0 radical (unpaired) electrons. The van der Waals surface area contributed by atoms with Crippen LogP contribution >= 0.6 is 0 Å². The van der Waals surface area contributed by atoms with Gasteiger partial charge in [-0.3, -0.25) is 9.59 Å². The van der Waals surface area contributed by atoms with E-state index in [1.54, 1.807) is 11.8 Å². The molecule has 2 amide bonds. The molecule has 1 atom stereocenters. The number of piperidine rings is 1. The van der Waals surface area contributed by atoms with E-state index in [-0.39, 0.29) is 36.7 Å². The summed E-state index contributed by atoms with van der Waals surface area (Å²) in [5, 5.41) is 0. The Bertz CT molecular complexity index is 1130. The van der Waals surface area contributed by atoms with E-state index in [1.807, 2.05) is 67.3 Å². The quantitative estimate of drug-likeness (QED) is 0.554. The maximum atomic E-state index is 13.3. The Labute approximate surface area is 207 Å². The van der Waals surface area contributed by atoms with E-state index < -0.39 is 0 Å². The number of likely N-dealkylation sites (tertiary alicyclic amines) is 1. The smallest absolute Gasteiger partial charge is 0.336 e. The molecule has 4 rings (SSSR count). The molecule has 35 heavy (non-hydrogen) atoms. The van der Waals surface area contributed by atoms with Crippen molar-refractivity contribution in [2.24, 2.45) is 0 Å². The van der Waals surface area contributed by atoms with Gasteiger partial charge in [-0.25, -0.2) is 4.79 Å². The Hall–Kier alpha value is -3.41. The molecule has 6 heteroatoms. The molecule has 2 heterocycles. The number of amides is 2. The van der Waals surface area contributed by atoms with Crippen molar-refractivity contribution in [3.8, 4) is 0 Å². The summed E-state index contributed by atoms with van der Waals surface area (Å²) in [7, 11) is 0. The number of esters is 1. The number of ether oxygens (including phenoxy) is 1. The van der Waals surface area contributed by atoms with Crippen LogP contribution in [0.15, 0.2) is 59.8 Å². The Morgan fingerprint density at radius 1 is 0.971 bits per heavy atom. The fourth-order valence-electron chi connectivity index (χ4n) is 5.14. The van der Waals surface area contributed by atoms with Gasteiger partial charge in [-0.15, -0.1) is 0 Å². The van der Waals surface area contributed by atoms with Gasteiger partial charge in [0.2, 0.25) is 5.91 Å². The Balaban J connectivity index is 1.59. The molecule has 0 bridgehead atoms. The molecule has 6 nitrogen and oxygen atoms in total. The Morgan fingerprint density at radius 3 is 2.31 bits per heavy atom. The van der Waals surface area contributed by atoms with E-state index in [9.17, 15) is 14.4 Å². The summed E-state index contributed by atoms with van der Waals surface area (Å²) in [6, 6.07) is 15.3. The van der Waals surface area contributed by atoms with Crippen LogP contribution in [-0.4, -0.2) is 47.3 Å². The molecule has 0 N–H and O–H groups in total. The van der Waals surface area contributed by atoms with Gasteiger partial charge in [0.1, 0.15) is 0 Å². The lowest BCUT2D eigenvalue weighted by atomic mass is 9.81. The predicted octanol–water partition coefficient (Wildman–Crippen LogP) is 4.97. The maximum absolute atomic E-state index is 13.3. The molecule has 0 aromatic heterocycles. The molecule has 0 spiro atoms. The Kier molecular flexibility index (Phi) is 7.69. The van der Waals surface area contributed by atoms with E-state index >= 15 is 0 Å². The van der Waals surface area contributed by atoms with Crippen molar-refractivity contribution in [2.45, 2.75) is 58.9 Å². The fourth-order valence-corrected chi connectivity index (χ4v) is 5.14. The zero-order valence-corrected chi connectivity index (χ0v) is 20.9. The molecule has 2 aromatic carbocycles. The molecule has 0 saturated carbocycles. The molecule has 1 saturated heterocycles. The monoisotopic (exact) mass is 474 g/mol. The van der Waals surface area contributed by atoms with Gasteiger partial charge in [-0.1, -0.05) is 36.4 Å². The van der Waals surface area contributed by atoms with Crippen molar-refractivity contribution >= 4 is 17.8 Å². The van der Waals surface area contributed by atoms with Crippen LogP contribution in [0, 0.1) is 6.92 Å². The van der Waals surface area contributed by atoms with Crippen LogP contribution in [0.2, 0.25) is 0 Å². The van der Waals surface area contributed by atoms with Crippen LogP contribution in [0.1, 0.15) is 72.5 Å². The first-order chi connectivity index (χ1) is 16.9. The summed E-state index contributed by atoms with van der Waals surface area (Å²) >= 11 is 0. The van der Waals surface area contributed by atoms with Crippen molar-refractivity contribution in [3.05, 3.63) is 82.1 Å². The summed E-state index contributed by atoms with van der Waals surface area (Å²) in [6.45, 7) is 7.84. The van der Waals surface area contributed by atoms with Gasteiger partial charge in [0, 0.05) is 36.7 Å². The maximum Gasteiger partial charge on any atom is 0.336 e. The Morgan fingerprint density at radius 2 is 1.66 bits per heavy atom. The number of aryl methyl sites for hydroxylation is 1. The SMILES string of the molecule is CCOC(=O)C1=C(C)N(Cc2ccc(C(=O)N3CCCCC3)cc2)C(=O)CC1c1ccccc1C. The van der Waals surface area contributed by atoms with Gasteiger partial charge in [-0.05, 0) is 68.9 Å². The van der Waals surface area contributed by atoms with Crippen LogP contribution in [0.25, 0.3) is 0 Å². The number of hydrogen-bond donors (Lipinski definition) is 0. The number of benzene rings is 2. The largest absolute Gasteiger partial charge is 0.463 e. The van der Waals surface area contributed by atoms with Crippen LogP contribution in [0.3, 0.4) is 0 Å². The van der Waals surface area contributed by atoms with Crippen LogP contribution < -0.4 is 0 Å². The highest BCUT2D eigenvalue weighted by molar-refractivity contribution is 5.96. The number of rotatable bonds is 6. The van der Waals surface area contributed by atoms with E-state index in [4.69, 9.17) is 4.74 Å². The molecular formula is C29H34N2O4. The van der Waals surface area contributed by atoms with Gasteiger partial charge < -0.3 is 14.5 Å². The zero-order valence-electron chi connectivity index (χ0n) is 20.9. The van der Waals surface area contributed by atoms with Crippen LogP contribution in [-0.2, 0) is 20.9 Å². The molecule has 1 unspecified atom stereocenters. The second-order valence-corrected chi connectivity index (χ2v) is 9.36. The number of carbonyl (C=O) groups is 3. The third kappa shape index (κ3) is 5.31. The highest BCUT2D eigenvalue weighted by atomic mass is 16.5. The summed E-state index contributed by atoms with van der Waals surface area (Å²) < 4.78 is 5.40. The standard InChI is InChI=1S/C29H34N2O4/c1-4-35-29(34)27-21(3)31(26(32)18-25(27)24-11-7-6-10-20(24)2)19-22-12-14-23(15-13-22)28(33)30-16-8-5-9-17-30/h6-7,10-15,25H,4-5,8-9,16-19H2,1-3H3. The zero-order chi connectivity index (χ0) is 24.9. The average molecular weight is 475 g/mol. The molecule has 0 aliphatic carbocycles. The van der Waals surface area contributed by atoms with Gasteiger partial charge in [0.25, 0.3) is 5.91 Å². The number of allylic oxidation sites excluding steroid dienone is 1. The molecule has 184 valence electrons. The van der Waals surface area contributed by atoms with Crippen LogP contribution in [0.4, 0.5) is 0 Å². The van der Waals surface area contributed by atoms with Crippen LogP contribution in [0.5, 0.6) is 0 Å². The van der Waals surface area contributed by atoms with E-state index in [0.717, 1.165) is 42.6 Å². The van der Waals surface area contributed by atoms with Gasteiger partial charge >= 0.3 is 5.97 Å². The molecule has 2 aliphatic heterocycles. The minimum atomic E-state index is -0.377. The number of nitrogens with zero attached hydrogens (tertiary/aromatic N) is 2. The van der Waals surface area contributed by atoms with Gasteiger partial charge in [-0.2, -0.15) is 0 Å². The third-order valence-corrected chi connectivity index (χ3v) is 7.07. The number of carbonyl (C=O) groups excluding carboxylic acids is 3. The number of hydrogen-bond acceptors (Lipinski definition) is 4. The summed E-state index contributed by atoms with van der Waals surface area (Å²) in [6.07, 6.45) is 3.50. The molecule has 2 aliphatic rings. The lowest BCUT2D eigenvalue weighted by Crippen LogP contribution is -2.38. The third-order valence-electron chi connectivity index (χ3n) is 7.07. The highest BCUT2D eigenvalue weighted by Gasteiger charge is 2.37. The summed E-state index contributed by atoms with van der Waals surface area (Å²) in [4.78, 5) is 42.7. The van der Waals surface area contributed by atoms with Crippen molar-refractivity contribution in [3.63, 3.8) is 0 Å². The van der Waals surface area contributed by atoms with Gasteiger partial charge in [0.15, 0.2) is 0 Å². The van der Waals surface area contributed by atoms with E-state index in [0.29, 0.717) is 23.4 Å². The first-order valence-electron chi connectivity index (χ1n) is 12.5. The second-order valence-electron chi connectivity index (χ2n) is 9.36. The van der Waals surface area contributed by atoms with Gasteiger partial charge in [0.05, 0.1) is 18.7 Å². The lowest BCUT2D eigenvalue weighted by molar-refractivity contribution is -0.140. The minimum Gasteiger partial charge on any atom is -0.463 e. The van der Waals surface area contributed by atoms with Crippen molar-refractivity contribution in [2.75, 3.05) is 19.7 Å². The van der Waals surface area contributed by atoms with Crippen molar-refractivity contribution < 1.29 is 19.1 Å². The highest BCUT2D eigenvalue weighted by Crippen LogP contribution is 2.38. The topological polar surface area (TPSA) is 66.9 Å². The average Bonchev–Trinajstić information content (AvgIpc) is 2.87. The fraction of sp³-hybridized carbons (Fsp3) is 0.414. The lowest BCUT2D eigenvalue weighted by Gasteiger charge is -2.35. The summed E-state index contributed by atoms with van der Waals surface area (Å²) in [5.74, 6) is -0.675. The first kappa shape index (κ1) is 24.7.